The van der Waals surface area contributed by atoms with E-state index in [4.69, 9.17) is 5.11 Å². The van der Waals surface area contributed by atoms with E-state index in [1.165, 1.54) is 38.9 Å². The number of hydrogen-bond acceptors (Lipinski definition) is 5. The van der Waals surface area contributed by atoms with Crippen LogP contribution in [-0.4, -0.2) is 60.8 Å². The molecule has 2 aromatic rings. The summed E-state index contributed by atoms with van der Waals surface area (Å²) in [6, 6.07) is 6.31. The van der Waals surface area contributed by atoms with Crippen LogP contribution < -0.4 is 0 Å². The van der Waals surface area contributed by atoms with Crippen molar-refractivity contribution in [3.05, 3.63) is 52.7 Å². The van der Waals surface area contributed by atoms with Crippen molar-refractivity contribution >= 4 is 33.2 Å². The van der Waals surface area contributed by atoms with Crippen LogP contribution in [0, 0.1) is 5.82 Å². The van der Waals surface area contributed by atoms with Crippen LogP contribution in [0.4, 0.5) is 4.39 Å². The average Bonchev–Trinajstić information content (AvgIpc) is 3.13. The van der Waals surface area contributed by atoms with Gasteiger partial charge in [-0.2, -0.15) is 4.31 Å². The van der Waals surface area contributed by atoms with Gasteiger partial charge in [-0.3, -0.25) is 4.79 Å². The van der Waals surface area contributed by atoms with Crippen molar-refractivity contribution in [3.8, 4) is 0 Å². The predicted molar refractivity (Wildman–Crippen MR) is 92.3 cm³/mol. The first-order valence-corrected chi connectivity index (χ1v) is 9.98. The maximum absolute atomic E-state index is 13.0. The van der Waals surface area contributed by atoms with Gasteiger partial charge in [0.2, 0.25) is 0 Å². The SMILES string of the molecule is O=C(O)c1csc(S(=O)(=O)N2CCN(C(=O)c3ccc(F)cc3)CC2)c1. The summed E-state index contributed by atoms with van der Waals surface area (Å²) < 4.78 is 39.4. The van der Waals surface area contributed by atoms with Crippen LogP contribution in [0.1, 0.15) is 20.7 Å². The fraction of sp³-hybridized carbons (Fsp3) is 0.250. The van der Waals surface area contributed by atoms with Crippen LogP contribution in [0.25, 0.3) is 0 Å². The maximum Gasteiger partial charge on any atom is 0.336 e. The molecular formula is C16H15FN2O5S2. The summed E-state index contributed by atoms with van der Waals surface area (Å²) in [7, 11) is -3.79. The minimum absolute atomic E-state index is 0.0341. The van der Waals surface area contributed by atoms with Crippen molar-refractivity contribution in [1.82, 2.24) is 9.21 Å². The molecule has 1 amide bonds. The van der Waals surface area contributed by atoms with Crippen molar-refractivity contribution in [2.24, 2.45) is 0 Å². The second-order valence-electron chi connectivity index (χ2n) is 5.66. The number of benzene rings is 1. The van der Waals surface area contributed by atoms with E-state index >= 15 is 0 Å². The van der Waals surface area contributed by atoms with Crippen molar-refractivity contribution in [2.75, 3.05) is 26.2 Å². The highest BCUT2D eigenvalue weighted by Gasteiger charge is 2.31. The van der Waals surface area contributed by atoms with Gasteiger partial charge in [-0.05, 0) is 30.3 Å². The second kappa shape index (κ2) is 7.14. The molecule has 26 heavy (non-hydrogen) atoms. The highest BCUT2D eigenvalue weighted by atomic mass is 32.2. The molecule has 0 saturated carbocycles. The van der Waals surface area contributed by atoms with Gasteiger partial charge in [-0.1, -0.05) is 0 Å². The lowest BCUT2D eigenvalue weighted by molar-refractivity contribution is 0.0688. The van der Waals surface area contributed by atoms with Crippen LogP contribution in [0.2, 0.25) is 0 Å². The first-order valence-electron chi connectivity index (χ1n) is 7.66. The number of nitrogens with zero attached hydrogens (tertiary/aromatic N) is 2. The minimum atomic E-state index is -3.79. The zero-order chi connectivity index (χ0) is 18.9. The molecule has 1 aliphatic rings. The van der Waals surface area contributed by atoms with Crippen molar-refractivity contribution in [3.63, 3.8) is 0 Å². The molecule has 1 saturated heterocycles. The van der Waals surface area contributed by atoms with Gasteiger partial charge in [0.1, 0.15) is 10.0 Å². The summed E-state index contributed by atoms with van der Waals surface area (Å²) in [5.74, 6) is -1.90. The van der Waals surface area contributed by atoms with Crippen molar-refractivity contribution in [2.45, 2.75) is 4.21 Å². The Morgan fingerprint density at radius 1 is 1.04 bits per heavy atom. The largest absolute Gasteiger partial charge is 0.478 e. The molecule has 1 aromatic heterocycles. The van der Waals surface area contributed by atoms with E-state index in [1.54, 1.807) is 0 Å². The van der Waals surface area contributed by atoms with Crippen molar-refractivity contribution in [1.29, 1.82) is 0 Å². The van der Waals surface area contributed by atoms with Gasteiger partial charge < -0.3 is 10.0 Å². The monoisotopic (exact) mass is 398 g/mol. The Morgan fingerprint density at radius 2 is 1.65 bits per heavy atom. The fourth-order valence-corrected chi connectivity index (χ4v) is 5.33. The van der Waals surface area contributed by atoms with Gasteiger partial charge in [-0.15, -0.1) is 11.3 Å². The number of sulfonamides is 1. The van der Waals surface area contributed by atoms with Crippen LogP contribution in [0.5, 0.6) is 0 Å². The Balaban J connectivity index is 1.68. The highest BCUT2D eigenvalue weighted by molar-refractivity contribution is 7.91. The second-order valence-corrected chi connectivity index (χ2v) is 8.74. The van der Waals surface area contributed by atoms with Gasteiger partial charge in [0, 0.05) is 37.1 Å². The molecule has 0 spiro atoms. The molecule has 1 fully saturated rings. The fourth-order valence-electron chi connectivity index (χ4n) is 2.60. The Hall–Kier alpha value is -2.30. The molecular weight excluding hydrogens is 383 g/mol. The van der Waals surface area contributed by atoms with Crippen LogP contribution in [0.15, 0.2) is 39.9 Å². The topological polar surface area (TPSA) is 95.0 Å². The van der Waals surface area contributed by atoms with Crippen LogP contribution in [0.3, 0.4) is 0 Å². The van der Waals surface area contributed by atoms with E-state index in [-0.39, 0.29) is 41.9 Å². The van der Waals surface area contributed by atoms with Crippen LogP contribution in [-0.2, 0) is 10.0 Å². The third kappa shape index (κ3) is 3.62. The number of rotatable bonds is 4. The molecule has 10 heteroatoms. The lowest BCUT2D eigenvalue weighted by atomic mass is 10.2. The standard InChI is InChI=1S/C16H15FN2O5S2/c17-13-3-1-11(2-4-13)15(20)18-5-7-19(8-6-18)26(23,24)14-9-12(10-25-14)16(21)22/h1-4,9-10H,5-8H2,(H,21,22). The molecule has 3 rings (SSSR count). The van der Waals surface area contributed by atoms with Gasteiger partial charge in [-0.25, -0.2) is 17.6 Å². The Bertz CT molecular complexity index is 932. The van der Waals surface area contributed by atoms with E-state index in [1.807, 2.05) is 0 Å². The normalized spacial score (nSPS) is 15.8. The van der Waals surface area contributed by atoms with Crippen LogP contribution >= 0.6 is 11.3 Å². The molecule has 2 heterocycles. The summed E-state index contributed by atoms with van der Waals surface area (Å²) in [4.78, 5) is 24.8. The number of hydrogen-bond donors (Lipinski definition) is 1. The van der Waals surface area contributed by atoms with E-state index in [2.05, 4.69) is 0 Å². The van der Waals surface area contributed by atoms with Gasteiger partial charge >= 0.3 is 5.97 Å². The Labute approximate surface area is 153 Å². The molecule has 1 aromatic carbocycles. The first kappa shape index (κ1) is 18.5. The molecule has 7 nitrogen and oxygen atoms in total. The lowest BCUT2D eigenvalue weighted by Crippen LogP contribution is -2.50. The van der Waals surface area contributed by atoms with E-state index in [0.29, 0.717) is 5.56 Å². The van der Waals surface area contributed by atoms with E-state index < -0.39 is 21.8 Å². The number of carbonyl (C=O) groups excluding carboxylic acids is 1. The molecule has 1 N–H and O–H groups in total. The zero-order valence-electron chi connectivity index (χ0n) is 13.5. The van der Waals surface area contributed by atoms with Crippen molar-refractivity contribution < 1.29 is 27.5 Å². The highest BCUT2D eigenvalue weighted by Crippen LogP contribution is 2.25. The molecule has 0 radical (unpaired) electrons. The minimum Gasteiger partial charge on any atom is -0.478 e. The smallest absolute Gasteiger partial charge is 0.336 e. The quantitative estimate of drug-likeness (QED) is 0.846. The molecule has 1 aliphatic heterocycles. The number of halogens is 1. The number of piperazine rings is 1. The summed E-state index contributed by atoms with van der Waals surface area (Å²) in [6.07, 6.45) is 0. The number of aromatic carboxylic acids is 1. The number of thiophene rings is 1. The molecule has 0 bridgehead atoms. The Kier molecular flexibility index (Phi) is 5.08. The lowest BCUT2D eigenvalue weighted by Gasteiger charge is -2.33. The third-order valence-corrected chi connectivity index (χ3v) is 7.35. The summed E-state index contributed by atoms with van der Waals surface area (Å²) >= 11 is 0.857. The van der Waals surface area contributed by atoms with Gasteiger partial charge in [0.15, 0.2) is 0 Å². The maximum atomic E-state index is 13.0. The van der Waals surface area contributed by atoms with E-state index in [9.17, 15) is 22.4 Å². The molecule has 0 atom stereocenters. The first-order chi connectivity index (χ1) is 12.3. The van der Waals surface area contributed by atoms with Gasteiger partial charge in [0.05, 0.1) is 5.56 Å². The average molecular weight is 398 g/mol. The third-order valence-electron chi connectivity index (χ3n) is 4.03. The number of carboxylic acids is 1. The molecule has 0 aliphatic carbocycles. The summed E-state index contributed by atoms with van der Waals surface area (Å²) in [5.41, 5.74) is 0.269. The summed E-state index contributed by atoms with van der Waals surface area (Å²) in [5, 5.41) is 10.2. The molecule has 0 unspecified atom stereocenters. The predicted octanol–water partition coefficient (Wildman–Crippen LogP) is 1.73. The Morgan fingerprint density at radius 3 is 2.19 bits per heavy atom. The number of carboxylic acid groups (broad SMARTS) is 1. The van der Waals surface area contributed by atoms with Gasteiger partial charge in [0.25, 0.3) is 15.9 Å². The number of carbonyl (C=O) groups is 2. The number of amides is 1. The van der Waals surface area contributed by atoms with E-state index in [0.717, 1.165) is 17.4 Å². The molecule has 138 valence electrons. The zero-order valence-corrected chi connectivity index (χ0v) is 15.1. The summed E-state index contributed by atoms with van der Waals surface area (Å²) in [6.45, 7) is 0.615.